The Hall–Kier alpha value is -0.0800. The molecule has 0 aromatic carbocycles. The zero-order chi connectivity index (χ0) is 8.55. The van der Waals surface area contributed by atoms with E-state index in [0.717, 1.165) is 19.1 Å². The number of nitrogens with zero attached hydrogens (tertiary/aromatic N) is 1. The summed E-state index contributed by atoms with van der Waals surface area (Å²) in [6.45, 7) is 7.99. The van der Waals surface area contributed by atoms with Crippen LogP contribution in [0.5, 0.6) is 0 Å². The smallest absolute Gasteiger partial charge is 0.0702 e. The lowest BCUT2D eigenvalue weighted by molar-refractivity contribution is 0.00379. The molecule has 2 unspecified atom stereocenters. The van der Waals surface area contributed by atoms with Crippen LogP contribution in [0.25, 0.3) is 0 Å². The normalized spacial score (nSPS) is 37.2. The second-order valence-electron chi connectivity index (χ2n) is 4.45. The lowest BCUT2D eigenvalue weighted by atomic mass is 10.0. The third-order valence-electron chi connectivity index (χ3n) is 3.13. The van der Waals surface area contributed by atoms with Crippen LogP contribution in [0.15, 0.2) is 0 Å². The zero-order valence-corrected chi connectivity index (χ0v) is 8.12. The van der Waals surface area contributed by atoms with Crippen molar-refractivity contribution in [3.05, 3.63) is 0 Å². The minimum Gasteiger partial charge on any atom is -0.377 e. The molecule has 2 atom stereocenters. The fourth-order valence-electron chi connectivity index (χ4n) is 2.24. The molecule has 12 heavy (non-hydrogen) atoms. The summed E-state index contributed by atoms with van der Waals surface area (Å²) in [4.78, 5) is 2.56. The summed E-state index contributed by atoms with van der Waals surface area (Å²) < 4.78 is 5.74. The minimum atomic E-state index is 0.533. The van der Waals surface area contributed by atoms with Crippen LogP contribution < -0.4 is 0 Å². The summed E-state index contributed by atoms with van der Waals surface area (Å²) in [5.74, 6) is 0.811. The number of fused-ring (bicyclic) bond motifs is 4. The van der Waals surface area contributed by atoms with E-state index in [2.05, 4.69) is 18.7 Å². The maximum atomic E-state index is 5.74. The van der Waals surface area contributed by atoms with Crippen LogP contribution in [0, 0.1) is 5.92 Å². The number of hydrogen-bond donors (Lipinski definition) is 0. The highest BCUT2D eigenvalue weighted by Gasteiger charge is 2.30. The van der Waals surface area contributed by atoms with Gasteiger partial charge in [0.15, 0.2) is 0 Å². The molecule has 3 rings (SSSR count). The lowest BCUT2D eigenvalue weighted by Crippen LogP contribution is -2.36. The SMILES string of the molecule is CC(C)N1CC2CCC(C1)OC2. The average molecular weight is 169 g/mol. The summed E-state index contributed by atoms with van der Waals surface area (Å²) >= 11 is 0. The van der Waals surface area contributed by atoms with Gasteiger partial charge in [0.25, 0.3) is 0 Å². The summed E-state index contributed by atoms with van der Waals surface area (Å²) in [6.07, 6.45) is 3.20. The van der Waals surface area contributed by atoms with Crippen molar-refractivity contribution >= 4 is 0 Å². The van der Waals surface area contributed by atoms with Crippen LogP contribution in [0.3, 0.4) is 0 Å². The van der Waals surface area contributed by atoms with E-state index in [9.17, 15) is 0 Å². The number of hydrogen-bond acceptors (Lipinski definition) is 2. The molecule has 0 saturated carbocycles. The van der Waals surface area contributed by atoms with Gasteiger partial charge in [-0.05, 0) is 32.6 Å². The van der Waals surface area contributed by atoms with Crippen molar-refractivity contribution in [2.45, 2.75) is 38.8 Å². The summed E-state index contributed by atoms with van der Waals surface area (Å²) in [5, 5.41) is 0. The Labute approximate surface area is 74.9 Å². The molecule has 0 aromatic rings. The van der Waals surface area contributed by atoms with E-state index in [1.807, 2.05) is 0 Å². The molecule has 3 aliphatic heterocycles. The molecule has 0 radical (unpaired) electrons. The van der Waals surface area contributed by atoms with Crippen molar-refractivity contribution in [3.63, 3.8) is 0 Å². The van der Waals surface area contributed by atoms with Crippen LogP contribution in [-0.4, -0.2) is 36.7 Å². The molecule has 0 N–H and O–H groups in total. The van der Waals surface area contributed by atoms with E-state index >= 15 is 0 Å². The van der Waals surface area contributed by atoms with Crippen LogP contribution in [0.1, 0.15) is 26.7 Å². The fraction of sp³-hybridized carbons (Fsp3) is 1.00. The molecule has 70 valence electrons. The largest absolute Gasteiger partial charge is 0.377 e. The van der Waals surface area contributed by atoms with E-state index in [-0.39, 0.29) is 0 Å². The summed E-state index contributed by atoms with van der Waals surface area (Å²) in [5.41, 5.74) is 0. The van der Waals surface area contributed by atoms with Gasteiger partial charge < -0.3 is 4.74 Å². The maximum absolute atomic E-state index is 5.74. The molecule has 2 bridgehead atoms. The van der Waals surface area contributed by atoms with Crippen molar-refractivity contribution in [1.29, 1.82) is 0 Å². The number of ether oxygens (including phenoxy) is 1. The standard InChI is InChI=1S/C10H19NO/c1-8(2)11-5-9-3-4-10(6-11)12-7-9/h8-10H,3-7H2,1-2H3. The highest BCUT2D eigenvalue weighted by Crippen LogP contribution is 2.26. The molecule has 0 spiro atoms. The molecule has 3 heterocycles. The Morgan fingerprint density at radius 3 is 2.67 bits per heavy atom. The molecular weight excluding hydrogens is 150 g/mol. The fourth-order valence-corrected chi connectivity index (χ4v) is 2.24. The van der Waals surface area contributed by atoms with Gasteiger partial charge in [-0.25, -0.2) is 0 Å². The lowest BCUT2D eigenvalue weighted by Gasteiger charge is -2.25. The van der Waals surface area contributed by atoms with Crippen molar-refractivity contribution in [2.24, 2.45) is 5.92 Å². The predicted molar refractivity (Wildman–Crippen MR) is 49.2 cm³/mol. The summed E-state index contributed by atoms with van der Waals surface area (Å²) in [6, 6.07) is 0.690. The van der Waals surface area contributed by atoms with Gasteiger partial charge >= 0.3 is 0 Å². The van der Waals surface area contributed by atoms with Crippen LogP contribution in [0.4, 0.5) is 0 Å². The van der Waals surface area contributed by atoms with Crippen molar-refractivity contribution < 1.29 is 4.74 Å². The zero-order valence-electron chi connectivity index (χ0n) is 8.12. The Bertz CT molecular complexity index is 136. The molecule has 0 aliphatic carbocycles. The van der Waals surface area contributed by atoms with E-state index < -0.39 is 0 Å². The molecule has 0 amide bonds. The molecule has 0 aromatic heterocycles. The van der Waals surface area contributed by atoms with E-state index in [0.29, 0.717) is 12.1 Å². The Morgan fingerprint density at radius 1 is 1.25 bits per heavy atom. The van der Waals surface area contributed by atoms with Gasteiger partial charge in [-0.1, -0.05) is 0 Å². The molecule has 3 saturated heterocycles. The average Bonchev–Trinajstić information content (AvgIpc) is 2.36. The van der Waals surface area contributed by atoms with Gasteiger partial charge in [-0.2, -0.15) is 0 Å². The Kier molecular flexibility index (Phi) is 2.37. The highest BCUT2D eigenvalue weighted by molar-refractivity contribution is 4.82. The van der Waals surface area contributed by atoms with Crippen molar-refractivity contribution in [2.75, 3.05) is 19.7 Å². The first-order chi connectivity index (χ1) is 5.75. The van der Waals surface area contributed by atoms with Gasteiger partial charge in [-0.15, -0.1) is 0 Å². The van der Waals surface area contributed by atoms with Gasteiger partial charge in [0.05, 0.1) is 12.7 Å². The van der Waals surface area contributed by atoms with Crippen LogP contribution >= 0.6 is 0 Å². The first kappa shape index (κ1) is 8.52. The quantitative estimate of drug-likeness (QED) is 0.590. The predicted octanol–water partition coefficient (Wildman–Crippen LogP) is 1.51. The topological polar surface area (TPSA) is 12.5 Å². The monoisotopic (exact) mass is 169 g/mol. The second kappa shape index (κ2) is 3.35. The van der Waals surface area contributed by atoms with Crippen molar-refractivity contribution in [3.8, 4) is 0 Å². The van der Waals surface area contributed by atoms with E-state index in [1.165, 1.54) is 19.4 Å². The van der Waals surface area contributed by atoms with Gasteiger partial charge in [-0.3, -0.25) is 4.90 Å². The maximum Gasteiger partial charge on any atom is 0.0702 e. The van der Waals surface area contributed by atoms with Crippen LogP contribution in [-0.2, 0) is 4.74 Å². The van der Waals surface area contributed by atoms with E-state index in [4.69, 9.17) is 4.74 Å². The molecule has 2 heteroatoms. The van der Waals surface area contributed by atoms with Gasteiger partial charge in [0.2, 0.25) is 0 Å². The van der Waals surface area contributed by atoms with Crippen molar-refractivity contribution in [1.82, 2.24) is 4.90 Å². The number of rotatable bonds is 1. The van der Waals surface area contributed by atoms with Gasteiger partial charge in [0.1, 0.15) is 0 Å². The highest BCUT2D eigenvalue weighted by atomic mass is 16.5. The molecule has 3 fully saturated rings. The van der Waals surface area contributed by atoms with E-state index in [1.54, 1.807) is 0 Å². The minimum absolute atomic E-state index is 0.533. The first-order valence-corrected chi connectivity index (χ1v) is 5.11. The molecular formula is C10H19NO. The first-order valence-electron chi connectivity index (χ1n) is 5.11. The Morgan fingerprint density at radius 2 is 2.08 bits per heavy atom. The Balaban J connectivity index is 2.02. The summed E-state index contributed by atoms with van der Waals surface area (Å²) in [7, 11) is 0. The third kappa shape index (κ3) is 1.64. The van der Waals surface area contributed by atoms with Crippen LogP contribution in [0.2, 0.25) is 0 Å². The third-order valence-corrected chi connectivity index (χ3v) is 3.13. The second-order valence-corrected chi connectivity index (χ2v) is 4.45. The molecule has 3 aliphatic rings. The van der Waals surface area contributed by atoms with Gasteiger partial charge in [0, 0.05) is 19.1 Å². The molecule has 2 nitrogen and oxygen atoms in total.